The molecular weight excluding hydrogens is 366 g/mol. The van der Waals surface area contributed by atoms with Crippen LogP contribution < -0.4 is 15.4 Å². The van der Waals surface area contributed by atoms with Crippen LogP contribution in [0.1, 0.15) is 75.2 Å². The zero-order valence-electron chi connectivity index (χ0n) is 17.6. The van der Waals surface area contributed by atoms with Crippen molar-refractivity contribution in [3.63, 3.8) is 0 Å². The maximum atomic E-state index is 6.46. The first kappa shape index (κ1) is 19.7. The largest absolute Gasteiger partial charge is 0.487 e. The van der Waals surface area contributed by atoms with Gasteiger partial charge in [-0.25, -0.2) is 0 Å². The van der Waals surface area contributed by atoms with Gasteiger partial charge in [-0.1, -0.05) is 37.2 Å². The van der Waals surface area contributed by atoms with E-state index in [9.17, 15) is 0 Å². The van der Waals surface area contributed by atoms with Gasteiger partial charge in [0.1, 0.15) is 11.4 Å². The lowest BCUT2D eigenvalue weighted by atomic mass is 9.86. The van der Waals surface area contributed by atoms with Gasteiger partial charge >= 0.3 is 0 Å². The van der Waals surface area contributed by atoms with Crippen LogP contribution in [0.3, 0.4) is 0 Å². The van der Waals surface area contributed by atoms with E-state index in [-0.39, 0.29) is 17.6 Å². The second-order valence-corrected chi connectivity index (χ2v) is 8.38. The van der Waals surface area contributed by atoms with Crippen LogP contribution in [0.2, 0.25) is 0 Å². The molecule has 1 fully saturated rings. The molecule has 0 bridgehead atoms. The van der Waals surface area contributed by atoms with Gasteiger partial charge in [0.05, 0.1) is 6.04 Å². The maximum Gasteiger partial charge on any atom is 0.228 e. The summed E-state index contributed by atoms with van der Waals surface area (Å²) in [5.74, 6) is 3.46. The zero-order valence-corrected chi connectivity index (χ0v) is 17.6. The lowest BCUT2D eigenvalue weighted by molar-refractivity contribution is 0.0396. The van der Waals surface area contributed by atoms with E-state index in [2.05, 4.69) is 57.8 Å². The number of nitrogens with zero attached hydrogens (tertiary/aromatic N) is 3. The Bertz CT molecular complexity index is 854. The zero-order chi connectivity index (χ0) is 20.3. The maximum absolute atomic E-state index is 6.46. The minimum atomic E-state index is -0.0398. The van der Waals surface area contributed by atoms with Crippen molar-refractivity contribution in [1.29, 1.82) is 0 Å². The van der Waals surface area contributed by atoms with Gasteiger partial charge in [0.15, 0.2) is 11.8 Å². The number of benzene rings is 1. The topological polar surface area (TPSA) is 84.6 Å². The Labute approximate surface area is 172 Å². The summed E-state index contributed by atoms with van der Waals surface area (Å²) in [4.78, 5) is 8.85. The number of hydrogen-bond acceptors (Lipinski definition) is 5. The molecule has 1 saturated carbocycles. The van der Waals surface area contributed by atoms with Crippen LogP contribution in [0.15, 0.2) is 33.8 Å². The Morgan fingerprint density at radius 2 is 2.07 bits per heavy atom. The highest BCUT2D eigenvalue weighted by molar-refractivity contribution is 5.80. The Kier molecular flexibility index (Phi) is 5.74. The van der Waals surface area contributed by atoms with Gasteiger partial charge in [-0.2, -0.15) is 4.98 Å². The van der Waals surface area contributed by atoms with Crippen molar-refractivity contribution >= 4 is 5.96 Å². The van der Waals surface area contributed by atoms with Gasteiger partial charge in [0, 0.05) is 37.9 Å². The lowest BCUT2D eigenvalue weighted by Gasteiger charge is -2.40. The fourth-order valence-electron chi connectivity index (χ4n) is 4.32. The smallest absolute Gasteiger partial charge is 0.228 e. The van der Waals surface area contributed by atoms with Gasteiger partial charge in [0.25, 0.3) is 0 Å². The third-order valence-corrected chi connectivity index (χ3v) is 5.88. The van der Waals surface area contributed by atoms with Gasteiger partial charge in [-0.05, 0) is 31.7 Å². The summed E-state index contributed by atoms with van der Waals surface area (Å²) in [6.45, 7) is 4.79. The first-order chi connectivity index (χ1) is 14.1. The van der Waals surface area contributed by atoms with Gasteiger partial charge < -0.3 is 19.9 Å². The SMILES string of the molecule is CN=C(NCCc1nc(C(C)C)no1)NC1CC2(CCCC2)Oc2ccccc21. The molecule has 0 radical (unpaired) electrons. The molecule has 1 aliphatic carbocycles. The Balaban J connectivity index is 1.39. The van der Waals surface area contributed by atoms with Crippen molar-refractivity contribution in [3.8, 4) is 5.75 Å². The summed E-state index contributed by atoms with van der Waals surface area (Å²) in [6.07, 6.45) is 6.36. The highest BCUT2D eigenvalue weighted by Crippen LogP contribution is 2.46. The van der Waals surface area contributed by atoms with E-state index >= 15 is 0 Å². The molecule has 2 aromatic rings. The summed E-state index contributed by atoms with van der Waals surface area (Å²) in [7, 11) is 1.80. The number of nitrogens with one attached hydrogen (secondary N) is 2. The second kappa shape index (κ2) is 8.43. The number of aromatic nitrogens is 2. The lowest BCUT2D eigenvalue weighted by Crippen LogP contribution is -2.47. The van der Waals surface area contributed by atoms with E-state index in [0.717, 1.165) is 36.8 Å². The number of rotatable bonds is 5. The Morgan fingerprint density at radius 1 is 1.28 bits per heavy atom. The molecule has 1 atom stereocenters. The Hall–Kier alpha value is -2.57. The van der Waals surface area contributed by atoms with Crippen LogP contribution in [-0.4, -0.2) is 35.3 Å². The third-order valence-electron chi connectivity index (χ3n) is 5.88. The molecule has 0 amide bonds. The summed E-state index contributed by atoms with van der Waals surface area (Å²) < 4.78 is 11.8. The highest BCUT2D eigenvalue weighted by Gasteiger charge is 2.43. The molecule has 2 heterocycles. The van der Waals surface area contributed by atoms with E-state index in [1.165, 1.54) is 18.4 Å². The van der Waals surface area contributed by atoms with Gasteiger partial charge in [-0.3, -0.25) is 4.99 Å². The number of aliphatic imine (C=N–C) groups is 1. The van der Waals surface area contributed by atoms with Gasteiger partial charge in [-0.15, -0.1) is 0 Å². The fraction of sp³-hybridized carbons (Fsp3) is 0.591. The average Bonchev–Trinajstić information content (AvgIpc) is 3.37. The first-order valence-electron chi connectivity index (χ1n) is 10.7. The minimum Gasteiger partial charge on any atom is -0.487 e. The minimum absolute atomic E-state index is 0.0398. The van der Waals surface area contributed by atoms with E-state index in [1.54, 1.807) is 7.05 Å². The molecule has 7 nitrogen and oxygen atoms in total. The number of para-hydroxylation sites is 1. The van der Waals surface area contributed by atoms with Crippen molar-refractivity contribution < 1.29 is 9.26 Å². The molecule has 1 aliphatic heterocycles. The summed E-state index contributed by atoms with van der Waals surface area (Å²) in [5.41, 5.74) is 1.16. The van der Waals surface area contributed by atoms with Gasteiger partial charge in [0.2, 0.25) is 5.89 Å². The molecule has 0 saturated heterocycles. The third kappa shape index (κ3) is 4.38. The van der Waals surface area contributed by atoms with E-state index in [0.29, 0.717) is 18.9 Å². The highest BCUT2D eigenvalue weighted by atomic mass is 16.5. The van der Waals surface area contributed by atoms with Crippen LogP contribution >= 0.6 is 0 Å². The summed E-state index contributed by atoms with van der Waals surface area (Å²) in [5, 5.41) is 11.0. The normalized spacial score (nSPS) is 20.6. The van der Waals surface area contributed by atoms with Crippen LogP contribution in [0, 0.1) is 0 Å². The van der Waals surface area contributed by atoms with E-state index < -0.39 is 0 Å². The number of fused-ring (bicyclic) bond motifs is 1. The standard InChI is InChI=1S/C22H31N5O2/c1-15(2)20-26-19(29-27-20)10-13-24-21(23-3)25-17-14-22(11-6-7-12-22)28-18-9-5-4-8-16(17)18/h4-5,8-9,15,17H,6-7,10-14H2,1-3H3,(H2,23,24,25). The molecule has 1 spiro atoms. The number of ether oxygens (including phenoxy) is 1. The van der Waals surface area contributed by atoms with E-state index in [4.69, 9.17) is 9.26 Å². The monoisotopic (exact) mass is 397 g/mol. The molecule has 2 aliphatic rings. The summed E-state index contributed by atoms with van der Waals surface area (Å²) in [6, 6.07) is 8.53. The second-order valence-electron chi connectivity index (χ2n) is 8.38. The van der Waals surface area contributed by atoms with Crippen LogP contribution in [-0.2, 0) is 6.42 Å². The van der Waals surface area contributed by atoms with Crippen molar-refractivity contribution in [2.24, 2.45) is 4.99 Å². The van der Waals surface area contributed by atoms with Crippen LogP contribution in [0.25, 0.3) is 0 Å². The number of guanidine groups is 1. The molecule has 7 heteroatoms. The van der Waals surface area contributed by atoms with E-state index in [1.807, 2.05) is 6.07 Å². The molecule has 4 rings (SSSR count). The molecule has 1 unspecified atom stereocenters. The predicted octanol–water partition coefficient (Wildman–Crippen LogP) is 3.74. The van der Waals surface area contributed by atoms with Crippen molar-refractivity contribution in [2.45, 2.75) is 69.9 Å². The molecule has 29 heavy (non-hydrogen) atoms. The van der Waals surface area contributed by atoms with Crippen molar-refractivity contribution in [1.82, 2.24) is 20.8 Å². The molecule has 1 aromatic carbocycles. The quantitative estimate of drug-likeness (QED) is 0.591. The molecule has 1 aromatic heterocycles. The molecule has 2 N–H and O–H groups in total. The van der Waals surface area contributed by atoms with Crippen LogP contribution in [0.5, 0.6) is 5.75 Å². The fourth-order valence-corrected chi connectivity index (χ4v) is 4.32. The summed E-state index contributed by atoms with van der Waals surface area (Å²) >= 11 is 0. The van der Waals surface area contributed by atoms with Crippen LogP contribution in [0.4, 0.5) is 0 Å². The Morgan fingerprint density at radius 3 is 2.79 bits per heavy atom. The first-order valence-corrected chi connectivity index (χ1v) is 10.7. The predicted molar refractivity (Wildman–Crippen MR) is 112 cm³/mol. The van der Waals surface area contributed by atoms with Crippen molar-refractivity contribution in [2.75, 3.05) is 13.6 Å². The molecular formula is C22H31N5O2. The van der Waals surface area contributed by atoms with Crippen molar-refractivity contribution in [3.05, 3.63) is 41.5 Å². The number of hydrogen-bond donors (Lipinski definition) is 2. The average molecular weight is 398 g/mol. The molecule has 156 valence electrons.